The van der Waals surface area contributed by atoms with Crippen molar-refractivity contribution in [2.75, 3.05) is 7.11 Å². The molecule has 0 N–H and O–H groups in total. The van der Waals surface area contributed by atoms with Crippen LogP contribution < -0.4 is 0 Å². The highest BCUT2D eigenvalue weighted by atomic mass is 16.6. The van der Waals surface area contributed by atoms with Gasteiger partial charge in [0.2, 0.25) is 5.78 Å². The number of methoxy groups -OCH3 is 1. The first kappa shape index (κ1) is 25.2. The number of para-hydroxylation sites is 1. The topological polar surface area (TPSA) is 126 Å². The summed E-state index contributed by atoms with van der Waals surface area (Å²) in [6, 6.07) is 8.79. The first-order valence-corrected chi connectivity index (χ1v) is 12.5. The maximum absolute atomic E-state index is 13.9. The molecule has 1 aromatic carbocycles. The Balaban J connectivity index is 1.54. The highest BCUT2D eigenvalue weighted by Gasteiger charge is 2.68. The van der Waals surface area contributed by atoms with Gasteiger partial charge in [-0.2, -0.15) is 0 Å². The van der Waals surface area contributed by atoms with Crippen LogP contribution in [0.4, 0.5) is 0 Å². The number of furan rings is 1. The molecule has 0 amide bonds. The lowest BCUT2D eigenvalue weighted by atomic mass is 9.43. The molecule has 2 aliphatic carbocycles. The van der Waals surface area contributed by atoms with Crippen molar-refractivity contribution >= 4 is 40.4 Å². The third kappa shape index (κ3) is 3.86. The third-order valence-corrected chi connectivity index (χ3v) is 8.86. The zero-order chi connectivity index (χ0) is 26.7. The predicted molar refractivity (Wildman–Crippen MR) is 128 cm³/mol. The summed E-state index contributed by atoms with van der Waals surface area (Å²) in [6.07, 6.45) is -1.40. The van der Waals surface area contributed by atoms with E-state index in [0.717, 1.165) is 5.39 Å². The maximum Gasteiger partial charge on any atom is 0.310 e. The van der Waals surface area contributed by atoms with E-state index in [1.807, 2.05) is 26.0 Å². The third-order valence-electron chi connectivity index (χ3n) is 8.86. The Labute approximate surface area is 213 Å². The molecule has 2 heterocycles. The molecule has 0 spiro atoms. The molecule has 0 radical (unpaired) electrons. The first-order chi connectivity index (χ1) is 17.5. The van der Waals surface area contributed by atoms with Crippen LogP contribution in [0.2, 0.25) is 0 Å². The Morgan fingerprint density at radius 1 is 1.08 bits per heavy atom. The summed E-state index contributed by atoms with van der Waals surface area (Å²) in [4.78, 5) is 65.4. The molecule has 0 bridgehead atoms. The minimum absolute atomic E-state index is 0.0185. The Morgan fingerprint density at radius 2 is 1.81 bits per heavy atom. The summed E-state index contributed by atoms with van der Waals surface area (Å²) in [5.41, 5.74) is -1.33. The Morgan fingerprint density at radius 3 is 2.49 bits per heavy atom. The largest absolute Gasteiger partial charge is 0.469 e. The summed E-state index contributed by atoms with van der Waals surface area (Å²) >= 11 is 0. The molecule has 9 heteroatoms. The number of carbonyl (C=O) groups is 5. The number of hydrogen-bond acceptors (Lipinski definition) is 9. The number of ether oxygens (including phenoxy) is 3. The fourth-order valence-electron chi connectivity index (χ4n) is 7.23. The second kappa shape index (κ2) is 8.82. The van der Waals surface area contributed by atoms with Crippen molar-refractivity contribution in [3.05, 3.63) is 36.1 Å². The molecule has 3 fully saturated rings. The van der Waals surface area contributed by atoms with E-state index in [2.05, 4.69) is 0 Å². The van der Waals surface area contributed by atoms with E-state index in [9.17, 15) is 24.0 Å². The molecule has 1 aliphatic heterocycles. The number of Topliss-reactive ketones (excluding diaryl/α,β-unsaturated/α-hetero) is 2. The van der Waals surface area contributed by atoms with Gasteiger partial charge < -0.3 is 18.6 Å². The van der Waals surface area contributed by atoms with Gasteiger partial charge in [0.1, 0.15) is 5.58 Å². The zero-order valence-corrected chi connectivity index (χ0v) is 21.3. The van der Waals surface area contributed by atoms with E-state index in [-0.39, 0.29) is 24.4 Å². The summed E-state index contributed by atoms with van der Waals surface area (Å²) < 4.78 is 21.8. The summed E-state index contributed by atoms with van der Waals surface area (Å²) in [7, 11) is 1.28. The van der Waals surface area contributed by atoms with Crippen molar-refractivity contribution in [3.8, 4) is 0 Å². The number of cyclic esters (lactones) is 1. The maximum atomic E-state index is 13.9. The molecule has 5 rings (SSSR count). The molecule has 0 unspecified atom stereocenters. The van der Waals surface area contributed by atoms with E-state index >= 15 is 0 Å². The standard InChI is InChI=1S/C28H30O9/c1-14(29)35-20-12-17(25(32)34-4)27(2)10-9-16-26(33)37-21(13-28(16,3)24(27)23(20)31)22(30)19-11-15-7-5-6-8-18(15)36-19/h5-8,11,16-17,20-21,24H,9-10,12-13H2,1-4H3/t16-,17-,20-,21-,24-,27-,28-/m0/s1. The molecule has 1 saturated heterocycles. The normalized spacial score (nSPS) is 35.2. The van der Waals surface area contributed by atoms with Crippen LogP contribution in [0.3, 0.4) is 0 Å². The Kier molecular flexibility index (Phi) is 6.00. The molecule has 2 saturated carbocycles. The molecule has 2 aromatic rings. The van der Waals surface area contributed by atoms with Crippen LogP contribution in [0.1, 0.15) is 57.0 Å². The fourth-order valence-corrected chi connectivity index (χ4v) is 7.23. The molecule has 37 heavy (non-hydrogen) atoms. The molecule has 196 valence electrons. The zero-order valence-electron chi connectivity index (χ0n) is 21.3. The summed E-state index contributed by atoms with van der Waals surface area (Å²) in [5.74, 6) is -4.64. The molecule has 1 aromatic heterocycles. The van der Waals surface area contributed by atoms with Gasteiger partial charge in [-0.3, -0.25) is 24.0 Å². The van der Waals surface area contributed by atoms with Gasteiger partial charge in [0.15, 0.2) is 23.8 Å². The molecular weight excluding hydrogens is 480 g/mol. The van der Waals surface area contributed by atoms with Crippen molar-refractivity contribution in [1.82, 2.24) is 0 Å². The van der Waals surface area contributed by atoms with Crippen molar-refractivity contribution in [2.45, 2.75) is 58.7 Å². The number of fused-ring (bicyclic) bond motifs is 4. The molecular formula is C28H30O9. The van der Waals surface area contributed by atoms with Crippen LogP contribution in [0.5, 0.6) is 0 Å². The SMILES string of the molecule is COC(=O)[C@@H]1C[C@H](OC(C)=O)C(=O)[C@H]2[C@@]1(C)CC[C@H]1C(=O)O[C@H](C(=O)c3cc4ccccc4o3)C[C@]21C. The number of esters is 3. The van der Waals surface area contributed by atoms with Crippen LogP contribution in [0.15, 0.2) is 34.7 Å². The second-order valence-electron chi connectivity index (χ2n) is 11.0. The van der Waals surface area contributed by atoms with Crippen LogP contribution >= 0.6 is 0 Å². The van der Waals surface area contributed by atoms with Gasteiger partial charge in [-0.05, 0) is 42.2 Å². The van der Waals surface area contributed by atoms with Gasteiger partial charge in [0, 0.05) is 24.6 Å². The van der Waals surface area contributed by atoms with Gasteiger partial charge in [-0.15, -0.1) is 0 Å². The van der Waals surface area contributed by atoms with Gasteiger partial charge in [0.05, 0.1) is 18.9 Å². The van der Waals surface area contributed by atoms with Gasteiger partial charge in [-0.1, -0.05) is 32.0 Å². The monoisotopic (exact) mass is 510 g/mol. The van der Waals surface area contributed by atoms with Gasteiger partial charge in [-0.25, -0.2) is 0 Å². The molecule has 3 aliphatic rings. The number of benzene rings is 1. The van der Waals surface area contributed by atoms with Crippen molar-refractivity contribution in [1.29, 1.82) is 0 Å². The minimum atomic E-state index is -1.16. The molecule has 9 nitrogen and oxygen atoms in total. The number of rotatable bonds is 4. The molecule has 7 atom stereocenters. The highest BCUT2D eigenvalue weighted by Crippen LogP contribution is 2.64. The highest BCUT2D eigenvalue weighted by molar-refractivity contribution is 6.02. The second-order valence-corrected chi connectivity index (χ2v) is 11.0. The van der Waals surface area contributed by atoms with Crippen molar-refractivity contribution < 1.29 is 42.6 Å². The average molecular weight is 511 g/mol. The lowest BCUT2D eigenvalue weighted by Gasteiger charge is -2.60. The number of ketones is 2. The van der Waals surface area contributed by atoms with Crippen LogP contribution in [0, 0.1) is 28.6 Å². The van der Waals surface area contributed by atoms with Crippen molar-refractivity contribution in [2.24, 2.45) is 28.6 Å². The van der Waals surface area contributed by atoms with Crippen LogP contribution in [-0.2, 0) is 33.4 Å². The van der Waals surface area contributed by atoms with E-state index in [1.54, 1.807) is 18.2 Å². The average Bonchev–Trinajstić information content (AvgIpc) is 3.28. The van der Waals surface area contributed by atoms with Gasteiger partial charge in [0.25, 0.3) is 0 Å². The van der Waals surface area contributed by atoms with Crippen LogP contribution in [0.25, 0.3) is 11.0 Å². The quantitative estimate of drug-likeness (QED) is 0.344. The first-order valence-electron chi connectivity index (χ1n) is 12.5. The lowest BCUT2D eigenvalue weighted by Crippen LogP contribution is -2.65. The summed E-state index contributed by atoms with van der Waals surface area (Å²) in [5, 5.41) is 0.745. The van der Waals surface area contributed by atoms with E-state index in [0.29, 0.717) is 18.4 Å². The van der Waals surface area contributed by atoms with Crippen molar-refractivity contribution in [3.63, 3.8) is 0 Å². The summed E-state index contributed by atoms with van der Waals surface area (Å²) in [6.45, 7) is 4.87. The van der Waals surface area contributed by atoms with Crippen LogP contribution in [-0.4, -0.2) is 48.8 Å². The van der Waals surface area contributed by atoms with Gasteiger partial charge >= 0.3 is 17.9 Å². The fraction of sp³-hybridized carbons (Fsp3) is 0.536. The lowest BCUT2D eigenvalue weighted by molar-refractivity contribution is -0.206. The van der Waals surface area contributed by atoms with E-state index in [4.69, 9.17) is 18.6 Å². The predicted octanol–water partition coefficient (Wildman–Crippen LogP) is 3.66. The van der Waals surface area contributed by atoms with E-state index in [1.165, 1.54) is 14.0 Å². The number of carbonyl (C=O) groups excluding carboxylic acids is 5. The number of hydrogen-bond donors (Lipinski definition) is 0. The van der Waals surface area contributed by atoms with E-state index < -0.39 is 64.5 Å². The Hall–Kier alpha value is -3.49. The minimum Gasteiger partial charge on any atom is -0.469 e. The smallest absolute Gasteiger partial charge is 0.310 e. The Bertz CT molecular complexity index is 1270.